The minimum absolute atomic E-state index is 0.490. The molecule has 1 aromatic heterocycles. The standard InChI is InChI=1S/C16H15ClN2/c1-10-2-4-11(5-3-10)16-14(9-18)13-8-12(17)6-7-15(13)19-16/h2-8,19H,9,18H2,1H3. The molecule has 2 nitrogen and oxygen atoms in total. The van der Waals surface area contributed by atoms with Crippen LogP contribution in [0.4, 0.5) is 0 Å². The molecule has 3 heteroatoms. The van der Waals surface area contributed by atoms with Crippen LogP contribution in [0, 0.1) is 6.92 Å². The Morgan fingerprint density at radius 2 is 1.84 bits per heavy atom. The van der Waals surface area contributed by atoms with Gasteiger partial charge in [-0.05, 0) is 36.2 Å². The molecule has 0 aliphatic heterocycles. The Labute approximate surface area is 117 Å². The molecule has 0 saturated heterocycles. The van der Waals surface area contributed by atoms with Crippen molar-refractivity contribution in [1.82, 2.24) is 4.98 Å². The van der Waals surface area contributed by atoms with Gasteiger partial charge in [-0.25, -0.2) is 0 Å². The number of hydrogen-bond donors (Lipinski definition) is 2. The van der Waals surface area contributed by atoms with Crippen LogP contribution < -0.4 is 5.73 Å². The largest absolute Gasteiger partial charge is 0.354 e. The van der Waals surface area contributed by atoms with Crippen LogP contribution in [-0.2, 0) is 6.54 Å². The Morgan fingerprint density at radius 1 is 1.11 bits per heavy atom. The Hall–Kier alpha value is -1.77. The van der Waals surface area contributed by atoms with Crippen molar-refractivity contribution in [1.29, 1.82) is 0 Å². The predicted octanol–water partition coefficient (Wildman–Crippen LogP) is 4.26. The number of nitrogens with two attached hydrogens (primary N) is 1. The lowest BCUT2D eigenvalue weighted by molar-refractivity contribution is 1.09. The van der Waals surface area contributed by atoms with Crippen LogP contribution >= 0.6 is 11.6 Å². The molecule has 1 heterocycles. The zero-order chi connectivity index (χ0) is 13.4. The van der Waals surface area contributed by atoms with Crippen molar-refractivity contribution in [3.05, 3.63) is 58.6 Å². The molecule has 0 fully saturated rings. The first-order valence-electron chi connectivity index (χ1n) is 6.26. The van der Waals surface area contributed by atoms with Crippen molar-refractivity contribution in [2.75, 3.05) is 0 Å². The van der Waals surface area contributed by atoms with Crippen molar-refractivity contribution in [2.45, 2.75) is 13.5 Å². The first kappa shape index (κ1) is 12.3. The molecule has 0 aliphatic rings. The molecule has 2 aromatic carbocycles. The van der Waals surface area contributed by atoms with Crippen molar-refractivity contribution >= 4 is 22.5 Å². The molecule has 0 radical (unpaired) electrons. The van der Waals surface area contributed by atoms with Crippen molar-refractivity contribution in [3.63, 3.8) is 0 Å². The zero-order valence-electron chi connectivity index (χ0n) is 10.7. The number of aryl methyl sites for hydroxylation is 1. The number of nitrogens with one attached hydrogen (secondary N) is 1. The van der Waals surface area contributed by atoms with E-state index in [1.807, 2.05) is 18.2 Å². The molecule has 3 rings (SSSR count). The maximum Gasteiger partial charge on any atom is 0.0510 e. The highest BCUT2D eigenvalue weighted by Gasteiger charge is 2.12. The quantitative estimate of drug-likeness (QED) is 0.718. The Kier molecular flexibility index (Phi) is 3.05. The molecule has 0 aliphatic carbocycles. The molecule has 3 N–H and O–H groups in total. The van der Waals surface area contributed by atoms with Crippen molar-refractivity contribution in [2.24, 2.45) is 5.73 Å². The summed E-state index contributed by atoms with van der Waals surface area (Å²) in [4.78, 5) is 3.44. The maximum atomic E-state index is 6.07. The van der Waals surface area contributed by atoms with Crippen LogP contribution in [0.1, 0.15) is 11.1 Å². The number of hydrogen-bond acceptors (Lipinski definition) is 1. The van der Waals surface area contributed by atoms with E-state index in [-0.39, 0.29) is 0 Å². The third kappa shape index (κ3) is 2.14. The highest BCUT2D eigenvalue weighted by Crippen LogP contribution is 2.31. The van der Waals surface area contributed by atoms with Crippen molar-refractivity contribution in [3.8, 4) is 11.3 Å². The SMILES string of the molecule is Cc1ccc(-c2[nH]c3ccc(Cl)cc3c2CN)cc1. The normalized spacial score (nSPS) is 11.1. The van der Waals surface area contributed by atoms with E-state index in [9.17, 15) is 0 Å². The average Bonchev–Trinajstić information content (AvgIpc) is 2.77. The summed E-state index contributed by atoms with van der Waals surface area (Å²) in [7, 11) is 0. The lowest BCUT2D eigenvalue weighted by Gasteiger charge is -2.03. The van der Waals surface area contributed by atoms with Gasteiger partial charge >= 0.3 is 0 Å². The molecule has 96 valence electrons. The van der Waals surface area contributed by atoms with Gasteiger partial charge in [0.1, 0.15) is 0 Å². The topological polar surface area (TPSA) is 41.8 Å². The second-order valence-corrected chi connectivity index (χ2v) is 5.18. The molecule has 0 amide bonds. The Morgan fingerprint density at radius 3 is 2.53 bits per heavy atom. The summed E-state index contributed by atoms with van der Waals surface area (Å²) < 4.78 is 0. The number of H-pyrrole nitrogens is 1. The third-order valence-corrected chi connectivity index (χ3v) is 3.65. The van der Waals surface area contributed by atoms with Gasteiger partial charge in [0.05, 0.1) is 5.69 Å². The number of fused-ring (bicyclic) bond motifs is 1. The summed E-state index contributed by atoms with van der Waals surface area (Å²) in [6.45, 7) is 2.57. The minimum atomic E-state index is 0.490. The highest BCUT2D eigenvalue weighted by atomic mass is 35.5. The summed E-state index contributed by atoms with van der Waals surface area (Å²) in [5.74, 6) is 0. The summed E-state index contributed by atoms with van der Waals surface area (Å²) in [6.07, 6.45) is 0. The van der Waals surface area contributed by atoms with E-state index in [1.165, 1.54) is 5.56 Å². The molecule has 19 heavy (non-hydrogen) atoms. The summed E-state index contributed by atoms with van der Waals surface area (Å²) in [5, 5.41) is 1.84. The first-order valence-corrected chi connectivity index (χ1v) is 6.64. The second kappa shape index (κ2) is 4.72. The van der Waals surface area contributed by atoms with E-state index in [0.29, 0.717) is 6.54 Å². The molecule has 0 spiro atoms. The van der Waals surface area contributed by atoms with E-state index in [2.05, 4.69) is 36.2 Å². The lowest BCUT2D eigenvalue weighted by Crippen LogP contribution is -1.97. The third-order valence-electron chi connectivity index (χ3n) is 3.41. The van der Waals surface area contributed by atoms with Crippen molar-refractivity contribution < 1.29 is 0 Å². The summed E-state index contributed by atoms with van der Waals surface area (Å²) >= 11 is 6.07. The smallest absolute Gasteiger partial charge is 0.0510 e. The maximum absolute atomic E-state index is 6.07. The zero-order valence-corrected chi connectivity index (χ0v) is 11.5. The first-order chi connectivity index (χ1) is 9.19. The number of rotatable bonds is 2. The fourth-order valence-corrected chi connectivity index (χ4v) is 2.57. The van der Waals surface area contributed by atoms with Crippen LogP contribution in [0.15, 0.2) is 42.5 Å². The fourth-order valence-electron chi connectivity index (χ4n) is 2.40. The second-order valence-electron chi connectivity index (χ2n) is 4.74. The average molecular weight is 271 g/mol. The lowest BCUT2D eigenvalue weighted by atomic mass is 10.0. The molecule has 0 unspecified atom stereocenters. The predicted molar refractivity (Wildman–Crippen MR) is 81.4 cm³/mol. The Bertz CT molecular complexity index is 726. The van der Waals surface area contributed by atoms with Gasteiger partial charge in [0, 0.05) is 22.5 Å². The van der Waals surface area contributed by atoms with E-state index in [0.717, 1.165) is 32.7 Å². The van der Waals surface area contributed by atoms with Crippen LogP contribution in [0.3, 0.4) is 0 Å². The van der Waals surface area contributed by atoms with Gasteiger partial charge in [-0.2, -0.15) is 0 Å². The number of aromatic amines is 1. The molecule has 0 atom stereocenters. The van der Waals surface area contributed by atoms with Gasteiger partial charge in [-0.15, -0.1) is 0 Å². The van der Waals surface area contributed by atoms with Gasteiger partial charge in [-0.1, -0.05) is 41.4 Å². The van der Waals surface area contributed by atoms with E-state index >= 15 is 0 Å². The molecule has 0 bridgehead atoms. The van der Waals surface area contributed by atoms with Crippen LogP contribution in [0.2, 0.25) is 5.02 Å². The van der Waals surface area contributed by atoms with E-state index < -0.39 is 0 Å². The van der Waals surface area contributed by atoms with Gasteiger partial charge in [0.15, 0.2) is 0 Å². The molecular formula is C16H15ClN2. The number of halogens is 1. The molecule has 3 aromatic rings. The summed E-state index contributed by atoms with van der Waals surface area (Å²) in [5.41, 5.74) is 11.6. The molecule has 0 saturated carbocycles. The van der Waals surface area contributed by atoms with E-state index in [4.69, 9.17) is 17.3 Å². The Balaban J connectivity index is 2.25. The van der Waals surface area contributed by atoms with Crippen LogP contribution in [0.5, 0.6) is 0 Å². The van der Waals surface area contributed by atoms with Gasteiger partial charge in [0.2, 0.25) is 0 Å². The number of aromatic nitrogens is 1. The van der Waals surface area contributed by atoms with Crippen LogP contribution in [0.25, 0.3) is 22.2 Å². The molecular weight excluding hydrogens is 256 g/mol. The number of benzene rings is 2. The summed E-state index contributed by atoms with van der Waals surface area (Å²) in [6, 6.07) is 14.3. The van der Waals surface area contributed by atoms with Crippen LogP contribution in [-0.4, -0.2) is 4.98 Å². The van der Waals surface area contributed by atoms with Gasteiger partial charge in [0.25, 0.3) is 0 Å². The van der Waals surface area contributed by atoms with Gasteiger partial charge in [-0.3, -0.25) is 0 Å². The van der Waals surface area contributed by atoms with E-state index in [1.54, 1.807) is 0 Å². The monoisotopic (exact) mass is 270 g/mol. The van der Waals surface area contributed by atoms with Gasteiger partial charge < -0.3 is 10.7 Å². The highest BCUT2D eigenvalue weighted by molar-refractivity contribution is 6.31. The fraction of sp³-hybridized carbons (Fsp3) is 0.125. The minimum Gasteiger partial charge on any atom is -0.354 e.